The maximum absolute atomic E-state index is 12.7. The van der Waals surface area contributed by atoms with E-state index in [2.05, 4.69) is 0 Å². The Balaban J connectivity index is 2.44. The van der Waals surface area contributed by atoms with Gasteiger partial charge in [0.15, 0.2) is 0 Å². The van der Waals surface area contributed by atoms with Crippen molar-refractivity contribution in [1.82, 2.24) is 0 Å². The lowest BCUT2D eigenvalue weighted by molar-refractivity contribution is -0.137. The Kier molecular flexibility index (Phi) is 3.12. The Morgan fingerprint density at radius 3 is 2.35 bits per heavy atom. The molecule has 0 bridgehead atoms. The van der Waals surface area contributed by atoms with Gasteiger partial charge in [0, 0.05) is 5.41 Å². The molecule has 1 nitrogen and oxygen atoms in total. The van der Waals surface area contributed by atoms with E-state index in [1.807, 2.05) is 0 Å². The van der Waals surface area contributed by atoms with Crippen molar-refractivity contribution in [2.24, 2.45) is 0 Å². The van der Waals surface area contributed by atoms with Crippen LogP contribution in [0.2, 0.25) is 5.02 Å². The molecule has 0 amide bonds. The molecule has 0 saturated heterocycles. The van der Waals surface area contributed by atoms with Crippen LogP contribution in [0.15, 0.2) is 18.2 Å². The molecule has 0 heterocycles. The maximum atomic E-state index is 12.7. The highest BCUT2D eigenvalue weighted by Crippen LogP contribution is 2.45. The molecule has 2 rings (SSSR count). The molecule has 94 valence electrons. The summed E-state index contributed by atoms with van der Waals surface area (Å²) in [5.41, 5.74) is -0.788. The Morgan fingerprint density at radius 1 is 1.29 bits per heavy atom. The zero-order valence-electron chi connectivity index (χ0n) is 9.02. The summed E-state index contributed by atoms with van der Waals surface area (Å²) >= 11 is 5.55. The Hall–Kier alpha value is -0.740. The molecule has 1 aliphatic rings. The monoisotopic (exact) mass is 264 g/mol. The number of aliphatic hydroxyl groups is 1. The predicted octanol–water partition coefficient (Wildman–Crippen LogP) is 3.77. The van der Waals surface area contributed by atoms with Gasteiger partial charge in [-0.05, 0) is 30.5 Å². The van der Waals surface area contributed by atoms with Crippen molar-refractivity contribution in [2.45, 2.75) is 30.9 Å². The topological polar surface area (TPSA) is 20.2 Å². The maximum Gasteiger partial charge on any atom is 0.417 e. The third-order valence-corrected chi connectivity index (χ3v) is 3.83. The van der Waals surface area contributed by atoms with Crippen LogP contribution >= 0.6 is 11.6 Å². The van der Waals surface area contributed by atoms with Gasteiger partial charge in [-0.15, -0.1) is 0 Å². The molecule has 1 fully saturated rings. The van der Waals surface area contributed by atoms with Gasteiger partial charge in [-0.2, -0.15) is 13.2 Å². The van der Waals surface area contributed by atoms with E-state index in [9.17, 15) is 18.3 Å². The molecular weight excluding hydrogens is 253 g/mol. The molecule has 0 spiro atoms. The molecule has 1 aromatic rings. The summed E-state index contributed by atoms with van der Waals surface area (Å²) in [6, 6.07) is 3.90. The summed E-state index contributed by atoms with van der Waals surface area (Å²) in [5.74, 6) is 0. The Labute approximate surface area is 102 Å². The molecule has 5 heteroatoms. The number of benzene rings is 1. The molecule has 0 aliphatic heterocycles. The number of hydrogen-bond acceptors (Lipinski definition) is 1. The average Bonchev–Trinajstić information content (AvgIpc) is 2.17. The molecular formula is C12H12ClF3O. The first-order valence-electron chi connectivity index (χ1n) is 5.37. The Bertz CT molecular complexity index is 419. The fourth-order valence-electron chi connectivity index (χ4n) is 2.21. The summed E-state index contributed by atoms with van der Waals surface area (Å²) in [5, 5.41) is 9.04. The van der Waals surface area contributed by atoms with Crippen LogP contribution in [0.1, 0.15) is 30.4 Å². The largest absolute Gasteiger partial charge is 0.417 e. The summed E-state index contributed by atoms with van der Waals surface area (Å²) in [4.78, 5) is 0. The van der Waals surface area contributed by atoms with Gasteiger partial charge in [0.05, 0.1) is 17.2 Å². The van der Waals surface area contributed by atoms with Crippen molar-refractivity contribution in [3.8, 4) is 0 Å². The highest BCUT2D eigenvalue weighted by molar-refractivity contribution is 6.31. The first kappa shape index (κ1) is 12.7. The van der Waals surface area contributed by atoms with E-state index in [-0.39, 0.29) is 11.6 Å². The highest BCUT2D eigenvalue weighted by Gasteiger charge is 2.40. The van der Waals surface area contributed by atoms with Crippen LogP contribution in [0.5, 0.6) is 0 Å². The normalized spacial score (nSPS) is 18.9. The molecule has 0 aromatic heterocycles. The fourth-order valence-corrected chi connectivity index (χ4v) is 2.44. The van der Waals surface area contributed by atoms with Gasteiger partial charge in [-0.3, -0.25) is 0 Å². The zero-order chi connectivity index (χ0) is 12.7. The second kappa shape index (κ2) is 4.18. The SMILES string of the molecule is OCC1(c2ccc(Cl)c(C(F)(F)F)c2)CCC1. The van der Waals surface area contributed by atoms with Crippen molar-refractivity contribution in [3.05, 3.63) is 34.3 Å². The lowest BCUT2D eigenvalue weighted by atomic mass is 9.65. The van der Waals surface area contributed by atoms with Crippen molar-refractivity contribution in [2.75, 3.05) is 6.61 Å². The lowest BCUT2D eigenvalue weighted by Crippen LogP contribution is -2.38. The third kappa shape index (κ3) is 2.16. The van der Waals surface area contributed by atoms with Crippen LogP contribution in [0.4, 0.5) is 13.2 Å². The van der Waals surface area contributed by atoms with E-state index in [0.717, 1.165) is 25.3 Å². The van der Waals surface area contributed by atoms with E-state index < -0.39 is 17.2 Å². The summed E-state index contributed by atoms with van der Waals surface area (Å²) in [6.45, 7) is -0.119. The zero-order valence-corrected chi connectivity index (χ0v) is 9.78. The smallest absolute Gasteiger partial charge is 0.395 e. The summed E-state index contributed by atoms with van der Waals surface area (Å²) in [6.07, 6.45) is -2.07. The molecule has 1 aromatic carbocycles. The summed E-state index contributed by atoms with van der Waals surface area (Å²) in [7, 11) is 0. The van der Waals surface area contributed by atoms with Crippen molar-refractivity contribution in [1.29, 1.82) is 0 Å². The molecule has 17 heavy (non-hydrogen) atoms. The summed E-state index contributed by atoms with van der Waals surface area (Å²) < 4.78 is 38.1. The van der Waals surface area contributed by atoms with Crippen LogP contribution in [0.25, 0.3) is 0 Å². The second-order valence-corrected chi connectivity index (χ2v) is 4.89. The number of rotatable bonds is 2. The van der Waals surface area contributed by atoms with Crippen LogP contribution in [0.3, 0.4) is 0 Å². The lowest BCUT2D eigenvalue weighted by Gasteiger charge is -2.41. The second-order valence-electron chi connectivity index (χ2n) is 4.48. The molecule has 0 radical (unpaired) electrons. The minimum Gasteiger partial charge on any atom is -0.395 e. The number of halogens is 4. The average molecular weight is 265 g/mol. The number of alkyl halides is 3. The first-order chi connectivity index (χ1) is 7.89. The van der Waals surface area contributed by atoms with Gasteiger partial charge in [0.1, 0.15) is 0 Å². The van der Waals surface area contributed by atoms with E-state index in [1.54, 1.807) is 6.07 Å². The van der Waals surface area contributed by atoms with Crippen molar-refractivity contribution < 1.29 is 18.3 Å². The van der Waals surface area contributed by atoms with E-state index >= 15 is 0 Å². The predicted molar refractivity (Wildman–Crippen MR) is 59.1 cm³/mol. The molecule has 0 unspecified atom stereocenters. The van der Waals surface area contributed by atoms with Crippen molar-refractivity contribution in [3.63, 3.8) is 0 Å². The third-order valence-electron chi connectivity index (χ3n) is 3.50. The van der Waals surface area contributed by atoms with Gasteiger partial charge in [-0.25, -0.2) is 0 Å². The number of aliphatic hydroxyl groups excluding tert-OH is 1. The molecule has 1 saturated carbocycles. The highest BCUT2D eigenvalue weighted by atomic mass is 35.5. The first-order valence-corrected chi connectivity index (χ1v) is 5.75. The van der Waals surface area contributed by atoms with E-state index in [4.69, 9.17) is 11.6 Å². The fraction of sp³-hybridized carbons (Fsp3) is 0.500. The quantitative estimate of drug-likeness (QED) is 0.862. The van der Waals surface area contributed by atoms with Crippen LogP contribution in [-0.2, 0) is 11.6 Å². The van der Waals surface area contributed by atoms with E-state index in [0.29, 0.717) is 5.56 Å². The van der Waals surface area contributed by atoms with Crippen LogP contribution in [-0.4, -0.2) is 11.7 Å². The molecule has 0 atom stereocenters. The minimum atomic E-state index is -4.45. The minimum absolute atomic E-state index is 0.119. The molecule has 1 N–H and O–H groups in total. The van der Waals surface area contributed by atoms with Gasteiger partial charge in [0.2, 0.25) is 0 Å². The van der Waals surface area contributed by atoms with Gasteiger partial charge in [-0.1, -0.05) is 24.1 Å². The molecule has 1 aliphatic carbocycles. The van der Waals surface area contributed by atoms with Crippen LogP contribution < -0.4 is 0 Å². The van der Waals surface area contributed by atoms with Gasteiger partial charge < -0.3 is 5.11 Å². The Morgan fingerprint density at radius 2 is 1.94 bits per heavy atom. The standard InChI is InChI=1S/C12H12ClF3O/c13-10-3-2-8(6-9(10)12(14,15)16)11(7-17)4-1-5-11/h2-3,6,17H,1,4-5,7H2. The van der Waals surface area contributed by atoms with Crippen LogP contribution in [0, 0.1) is 0 Å². The van der Waals surface area contributed by atoms with Crippen molar-refractivity contribution >= 4 is 11.6 Å². The van der Waals surface area contributed by atoms with Gasteiger partial charge in [0.25, 0.3) is 0 Å². The van der Waals surface area contributed by atoms with Gasteiger partial charge >= 0.3 is 6.18 Å². The van der Waals surface area contributed by atoms with E-state index in [1.165, 1.54) is 6.07 Å². The number of hydrogen-bond donors (Lipinski definition) is 1.